The lowest BCUT2D eigenvalue weighted by Crippen LogP contribution is -2.26. The van der Waals surface area contributed by atoms with E-state index in [2.05, 4.69) is 0 Å². The molecule has 12 heavy (non-hydrogen) atoms. The third kappa shape index (κ3) is 2.33. The Labute approximate surface area is 68.5 Å². The van der Waals surface area contributed by atoms with E-state index in [1.54, 1.807) is 0 Å². The number of carbonyl (C=O) groups excluding carboxylic acids is 2. The van der Waals surface area contributed by atoms with Gasteiger partial charge in [-0.15, -0.1) is 0 Å². The van der Waals surface area contributed by atoms with E-state index in [1.165, 1.54) is 0 Å². The number of aliphatic hydroxyl groups is 2. The summed E-state index contributed by atoms with van der Waals surface area (Å²) in [4.78, 5) is 21.0. The van der Waals surface area contributed by atoms with Crippen LogP contribution in [0.3, 0.4) is 0 Å². The molecule has 0 radical (unpaired) electrons. The number of rotatable bonds is 4. The van der Waals surface area contributed by atoms with Gasteiger partial charge in [-0.25, -0.2) is 0 Å². The van der Waals surface area contributed by atoms with Crippen LogP contribution >= 0.6 is 0 Å². The third-order valence-electron chi connectivity index (χ3n) is 1.28. The summed E-state index contributed by atoms with van der Waals surface area (Å²) in [5, 5.41) is 17.1. The highest BCUT2D eigenvalue weighted by Crippen LogP contribution is 2.01. The van der Waals surface area contributed by atoms with Crippen molar-refractivity contribution < 1.29 is 19.8 Å². The van der Waals surface area contributed by atoms with E-state index < -0.39 is 25.0 Å². The van der Waals surface area contributed by atoms with Crippen LogP contribution in [0.15, 0.2) is 11.1 Å². The number of hydrogen-bond donors (Lipinski definition) is 4. The van der Waals surface area contributed by atoms with E-state index >= 15 is 0 Å². The molecular formula is C6H10N2O4. The van der Waals surface area contributed by atoms with Crippen LogP contribution in [0.25, 0.3) is 0 Å². The fraction of sp³-hybridized carbons (Fsp3) is 0.333. The molecule has 2 amide bonds. The maximum Gasteiger partial charge on any atom is 0.247 e. The predicted molar refractivity (Wildman–Crippen MR) is 39.6 cm³/mol. The van der Waals surface area contributed by atoms with Crippen molar-refractivity contribution in [3.8, 4) is 0 Å². The number of carbonyl (C=O) groups is 2. The first-order valence-corrected chi connectivity index (χ1v) is 3.08. The number of hydrogen-bond acceptors (Lipinski definition) is 4. The highest BCUT2D eigenvalue weighted by atomic mass is 16.3. The molecule has 0 atom stereocenters. The van der Waals surface area contributed by atoms with Crippen LogP contribution in [0.4, 0.5) is 0 Å². The van der Waals surface area contributed by atoms with E-state index in [0.717, 1.165) is 0 Å². The zero-order chi connectivity index (χ0) is 9.72. The average Bonchev–Trinajstić information content (AvgIpc) is 1.98. The summed E-state index contributed by atoms with van der Waals surface area (Å²) in [6.07, 6.45) is 0. The fourth-order valence-corrected chi connectivity index (χ4v) is 0.644. The molecule has 0 unspecified atom stereocenters. The molecule has 0 bridgehead atoms. The van der Waals surface area contributed by atoms with Gasteiger partial charge in [0.1, 0.15) is 0 Å². The molecule has 0 aliphatic heterocycles. The molecular weight excluding hydrogens is 164 g/mol. The molecule has 0 heterocycles. The van der Waals surface area contributed by atoms with E-state index in [4.69, 9.17) is 21.7 Å². The first-order valence-electron chi connectivity index (χ1n) is 3.08. The highest BCUT2D eigenvalue weighted by molar-refractivity contribution is 6.03. The second kappa shape index (κ2) is 4.47. The summed E-state index contributed by atoms with van der Waals surface area (Å²) in [5.74, 6) is -1.94. The van der Waals surface area contributed by atoms with Crippen molar-refractivity contribution in [1.29, 1.82) is 0 Å². The monoisotopic (exact) mass is 174 g/mol. The third-order valence-corrected chi connectivity index (χ3v) is 1.28. The summed E-state index contributed by atoms with van der Waals surface area (Å²) in [5.41, 5.74) is 8.86. The molecule has 6 nitrogen and oxygen atoms in total. The molecule has 0 aliphatic rings. The molecule has 0 aliphatic carbocycles. The van der Waals surface area contributed by atoms with Crippen molar-refractivity contribution in [2.45, 2.75) is 0 Å². The molecule has 0 saturated heterocycles. The number of amides is 2. The van der Waals surface area contributed by atoms with Crippen molar-refractivity contribution in [3.63, 3.8) is 0 Å². The normalized spacial score (nSPS) is 12.2. The van der Waals surface area contributed by atoms with Crippen molar-refractivity contribution in [1.82, 2.24) is 0 Å². The number of aliphatic hydroxyl groups excluding tert-OH is 2. The Balaban J connectivity index is 5.01. The van der Waals surface area contributed by atoms with Gasteiger partial charge in [0.2, 0.25) is 11.8 Å². The molecule has 6 heteroatoms. The Bertz CT molecular complexity index is 210. The van der Waals surface area contributed by atoms with Crippen LogP contribution in [0.5, 0.6) is 0 Å². The minimum atomic E-state index is -0.972. The van der Waals surface area contributed by atoms with Gasteiger partial charge >= 0.3 is 0 Å². The Kier molecular flexibility index (Phi) is 3.95. The van der Waals surface area contributed by atoms with Crippen LogP contribution < -0.4 is 11.5 Å². The van der Waals surface area contributed by atoms with E-state index in [9.17, 15) is 9.59 Å². The molecule has 0 aromatic rings. The number of nitrogens with two attached hydrogens (primary N) is 2. The highest BCUT2D eigenvalue weighted by Gasteiger charge is 2.14. The molecule has 0 aromatic heterocycles. The van der Waals surface area contributed by atoms with Gasteiger partial charge in [-0.2, -0.15) is 0 Å². The zero-order valence-electron chi connectivity index (χ0n) is 6.28. The lowest BCUT2D eigenvalue weighted by molar-refractivity contribution is -0.117. The van der Waals surface area contributed by atoms with Crippen molar-refractivity contribution >= 4 is 11.8 Å². The van der Waals surface area contributed by atoms with Gasteiger partial charge < -0.3 is 21.7 Å². The van der Waals surface area contributed by atoms with Gasteiger partial charge in [0.05, 0.1) is 24.4 Å². The van der Waals surface area contributed by atoms with E-state index in [0.29, 0.717) is 0 Å². The van der Waals surface area contributed by atoms with Gasteiger partial charge in [-0.1, -0.05) is 0 Å². The smallest absolute Gasteiger partial charge is 0.247 e. The zero-order valence-corrected chi connectivity index (χ0v) is 6.28. The first kappa shape index (κ1) is 10.6. The Morgan fingerprint density at radius 3 is 1.25 bits per heavy atom. The topological polar surface area (TPSA) is 127 Å². The molecule has 0 rings (SSSR count). The Morgan fingerprint density at radius 2 is 1.17 bits per heavy atom. The van der Waals surface area contributed by atoms with Gasteiger partial charge in [0.25, 0.3) is 0 Å². The lowest BCUT2D eigenvalue weighted by atomic mass is 10.1. The van der Waals surface area contributed by atoms with Gasteiger partial charge in [-0.3, -0.25) is 9.59 Å². The van der Waals surface area contributed by atoms with Gasteiger partial charge in [-0.05, 0) is 0 Å². The largest absolute Gasteiger partial charge is 0.391 e. The van der Waals surface area contributed by atoms with Gasteiger partial charge in [0.15, 0.2) is 0 Å². The van der Waals surface area contributed by atoms with Crippen molar-refractivity contribution in [2.75, 3.05) is 13.2 Å². The van der Waals surface area contributed by atoms with Crippen molar-refractivity contribution in [2.24, 2.45) is 11.5 Å². The Hall–Kier alpha value is -1.40. The summed E-state index contributed by atoms with van der Waals surface area (Å²) >= 11 is 0. The quantitative estimate of drug-likeness (QED) is 0.344. The molecule has 0 spiro atoms. The molecule has 6 N–H and O–H groups in total. The van der Waals surface area contributed by atoms with Crippen LogP contribution in [0.2, 0.25) is 0 Å². The van der Waals surface area contributed by atoms with Crippen LogP contribution in [0.1, 0.15) is 0 Å². The SMILES string of the molecule is NC(=O)/C(CO)=C(/CO)C(N)=O. The fourth-order valence-electron chi connectivity index (χ4n) is 0.644. The summed E-state index contributed by atoms with van der Waals surface area (Å²) in [6, 6.07) is 0. The first-order chi connectivity index (χ1) is 5.54. The standard InChI is InChI=1S/C6H10N2O4/c7-5(11)3(1-9)4(2-10)6(8)12/h9-10H,1-2H2,(H2,7,11)(H2,8,12)/b4-3-. The van der Waals surface area contributed by atoms with Crippen LogP contribution in [-0.4, -0.2) is 35.2 Å². The second-order valence-electron chi connectivity index (χ2n) is 2.00. The van der Waals surface area contributed by atoms with Crippen LogP contribution in [-0.2, 0) is 9.59 Å². The molecule has 0 aromatic carbocycles. The van der Waals surface area contributed by atoms with E-state index in [1.807, 2.05) is 0 Å². The second-order valence-corrected chi connectivity index (χ2v) is 2.00. The number of primary amides is 2. The van der Waals surface area contributed by atoms with E-state index in [-0.39, 0.29) is 11.1 Å². The summed E-state index contributed by atoms with van der Waals surface area (Å²) < 4.78 is 0. The maximum absolute atomic E-state index is 10.5. The molecule has 0 saturated carbocycles. The summed E-state index contributed by atoms with van der Waals surface area (Å²) in [6.45, 7) is -1.43. The lowest BCUT2D eigenvalue weighted by Gasteiger charge is -2.03. The van der Waals surface area contributed by atoms with Crippen molar-refractivity contribution in [3.05, 3.63) is 11.1 Å². The minimum absolute atomic E-state index is 0.356. The Morgan fingerprint density at radius 1 is 0.917 bits per heavy atom. The molecule has 0 fully saturated rings. The van der Waals surface area contributed by atoms with Gasteiger partial charge in [0, 0.05) is 0 Å². The predicted octanol–water partition coefficient (Wildman–Crippen LogP) is -2.76. The van der Waals surface area contributed by atoms with Crippen LogP contribution in [0, 0.1) is 0 Å². The average molecular weight is 174 g/mol. The minimum Gasteiger partial charge on any atom is -0.391 e. The molecule has 68 valence electrons. The summed E-state index contributed by atoms with van der Waals surface area (Å²) in [7, 11) is 0. The maximum atomic E-state index is 10.5.